The third-order valence-corrected chi connectivity index (χ3v) is 3.58. The third kappa shape index (κ3) is 2.85. The molecule has 0 amide bonds. The second-order valence-electron chi connectivity index (χ2n) is 4.15. The SMILES string of the molecule is Cc1ccc(F)cc1C(=O)Cc1ccccc1Br. The zero-order valence-electron chi connectivity index (χ0n) is 9.91. The van der Waals surface area contributed by atoms with Crippen molar-refractivity contribution in [2.24, 2.45) is 0 Å². The fourth-order valence-electron chi connectivity index (χ4n) is 1.80. The lowest BCUT2D eigenvalue weighted by atomic mass is 9.99. The van der Waals surface area contributed by atoms with Crippen LogP contribution < -0.4 is 0 Å². The lowest BCUT2D eigenvalue weighted by Gasteiger charge is -2.06. The summed E-state index contributed by atoms with van der Waals surface area (Å²) in [7, 11) is 0. The highest BCUT2D eigenvalue weighted by molar-refractivity contribution is 9.10. The first-order chi connectivity index (χ1) is 8.58. The largest absolute Gasteiger partial charge is 0.294 e. The van der Waals surface area contributed by atoms with Crippen molar-refractivity contribution in [3.63, 3.8) is 0 Å². The molecule has 0 spiro atoms. The molecule has 3 heteroatoms. The Hall–Kier alpha value is -1.48. The van der Waals surface area contributed by atoms with Crippen molar-refractivity contribution in [1.29, 1.82) is 0 Å². The van der Waals surface area contributed by atoms with Gasteiger partial charge in [0.15, 0.2) is 5.78 Å². The van der Waals surface area contributed by atoms with Crippen molar-refractivity contribution in [1.82, 2.24) is 0 Å². The summed E-state index contributed by atoms with van der Waals surface area (Å²) in [5.41, 5.74) is 2.16. The fourth-order valence-corrected chi connectivity index (χ4v) is 2.23. The van der Waals surface area contributed by atoms with Crippen LogP contribution in [0.4, 0.5) is 4.39 Å². The molecule has 0 aliphatic heterocycles. The van der Waals surface area contributed by atoms with Crippen molar-refractivity contribution in [3.05, 3.63) is 69.4 Å². The molecule has 0 aromatic heterocycles. The van der Waals surface area contributed by atoms with Crippen molar-refractivity contribution in [3.8, 4) is 0 Å². The van der Waals surface area contributed by atoms with Crippen LogP contribution in [0.25, 0.3) is 0 Å². The maximum atomic E-state index is 13.2. The van der Waals surface area contributed by atoms with Crippen LogP contribution in [0.3, 0.4) is 0 Å². The first-order valence-corrected chi connectivity index (χ1v) is 6.40. The van der Waals surface area contributed by atoms with Gasteiger partial charge in [-0.05, 0) is 36.2 Å². The topological polar surface area (TPSA) is 17.1 Å². The van der Waals surface area contributed by atoms with Crippen LogP contribution in [-0.2, 0) is 6.42 Å². The highest BCUT2D eigenvalue weighted by Crippen LogP contribution is 2.19. The first-order valence-electron chi connectivity index (χ1n) is 5.60. The van der Waals surface area contributed by atoms with Crippen LogP contribution in [0.1, 0.15) is 21.5 Å². The van der Waals surface area contributed by atoms with Crippen molar-refractivity contribution in [2.45, 2.75) is 13.3 Å². The smallest absolute Gasteiger partial charge is 0.167 e. The number of hydrogen-bond donors (Lipinski definition) is 0. The van der Waals surface area contributed by atoms with E-state index in [1.165, 1.54) is 12.1 Å². The molecule has 2 aromatic carbocycles. The average Bonchev–Trinajstić information content (AvgIpc) is 2.35. The molecule has 1 nitrogen and oxygen atoms in total. The predicted molar refractivity (Wildman–Crippen MR) is 73.3 cm³/mol. The number of Topliss-reactive ketones (excluding diaryl/α,β-unsaturated/α-hetero) is 1. The molecule has 0 heterocycles. The van der Waals surface area contributed by atoms with E-state index in [0.717, 1.165) is 15.6 Å². The number of halogens is 2. The maximum absolute atomic E-state index is 13.2. The van der Waals surface area contributed by atoms with Gasteiger partial charge in [0.1, 0.15) is 5.82 Å². The zero-order valence-corrected chi connectivity index (χ0v) is 11.5. The molecule has 2 rings (SSSR count). The van der Waals surface area contributed by atoms with Gasteiger partial charge in [0.2, 0.25) is 0 Å². The Morgan fingerprint density at radius 3 is 2.67 bits per heavy atom. The molecule has 92 valence electrons. The lowest BCUT2D eigenvalue weighted by molar-refractivity contribution is 0.0992. The van der Waals surface area contributed by atoms with Gasteiger partial charge in [0, 0.05) is 16.5 Å². The van der Waals surface area contributed by atoms with E-state index in [1.807, 2.05) is 31.2 Å². The zero-order chi connectivity index (χ0) is 13.1. The molecule has 0 N–H and O–H groups in total. The van der Waals surface area contributed by atoms with Crippen LogP contribution in [0, 0.1) is 12.7 Å². The normalized spacial score (nSPS) is 10.4. The van der Waals surface area contributed by atoms with Crippen LogP contribution in [0.15, 0.2) is 46.9 Å². The maximum Gasteiger partial charge on any atom is 0.167 e. The second-order valence-corrected chi connectivity index (χ2v) is 5.00. The van der Waals surface area contributed by atoms with E-state index in [0.29, 0.717) is 5.56 Å². The molecule has 0 saturated heterocycles. The molecule has 0 atom stereocenters. The quantitative estimate of drug-likeness (QED) is 0.772. The van der Waals surface area contributed by atoms with Gasteiger partial charge in [-0.3, -0.25) is 4.79 Å². The highest BCUT2D eigenvalue weighted by Gasteiger charge is 2.12. The summed E-state index contributed by atoms with van der Waals surface area (Å²) >= 11 is 3.40. The minimum absolute atomic E-state index is 0.0705. The average molecular weight is 307 g/mol. The summed E-state index contributed by atoms with van der Waals surface area (Å²) in [5, 5.41) is 0. The van der Waals surface area contributed by atoms with E-state index in [-0.39, 0.29) is 18.0 Å². The Balaban J connectivity index is 2.28. The van der Waals surface area contributed by atoms with E-state index >= 15 is 0 Å². The molecule has 18 heavy (non-hydrogen) atoms. The molecular formula is C15H12BrFO. The molecule has 0 saturated carbocycles. The lowest BCUT2D eigenvalue weighted by Crippen LogP contribution is -2.06. The summed E-state index contributed by atoms with van der Waals surface area (Å²) in [6.07, 6.45) is 0.270. The molecule has 2 aromatic rings. The Bertz CT molecular complexity index is 593. The minimum atomic E-state index is -0.379. The fraction of sp³-hybridized carbons (Fsp3) is 0.133. The van der Waals surface area contributed by atoms with Gasteiger partial charge in [0.25, 0.3) is 0 Å². The van der Waals surface area contributed by atoms with Gasteiger partial charge >= 0.3 is 0 Å². The monoisotopic (exact) mass is 306 g/mol. The Morgan fingerprint density at radius 1 is 1.22 bits per heavy atom. The molecular weight excluding hydrogens is 295 g/mol. The van der Waals surface area contributed by atoms with Crippen LogP contribution in [-0.4, -0.2) is 5.78 Å². The number of rotatable bonds is 3. The summed E-state index contributed by atoms with van der Waals surface area (Å²) in [6.45, 7) is 1.81. The van der Waals surface area contributed by atoms with E-state index in [4.69, 9.17) is 0 Å². The van der Waals surface area contributed by atoms with E-state index in [9.17, 15) is 9.18 Å². The van der Waals surface area contributed by atoms with Crippen molar-refractivity contribution in [2.75, 3.05) is 0 Å². The standard InChI is InChI=1S/C15H12BrFO/c1-10-6-7-12(17)9-13(10)15(18)8-11-4-2-3-5-14(11)16/h2-7,9H,8H2,1H3. The minimum Gasteiger partial charge on any atom is -0.294 e. The van der Waals surface area contributed by atoms with Crippen LogP contribution in [0.5, 0.6) is 0 Å². The Kier molecular flexibility index (Phi) is 3.92. The van der Waals surface area contributed by atoms with E-state index < -0.39 is 0 Å². The summed E-state index contributed by atoms with van der Waals surface area (Å²) in [4.78, 5) is 12.2. The number of carbonyl (C=O) groups excluding carboxylic acids is 1. The summed E-state index contributed by atoms with van der Waals surface area (Å²) < 4.78 is 14.1. The summed E-state index contributed by atoms with van der Waals surface area (Å²) in [5.74, 6) is -0.449. The van der Waals surface area contributed by atoms with Gasteiger partial charge in [-0.15, -0.1) is 0 Å². The number of aryl methyl sites for hydroxylation is 1. The highest BCUT2D eigenvalue weighted by atomic mass is 79.9. The number of ketones is 1. The second kappa shape index (κ2) is 5.44. The van der Waals surface area contributed by atoms with Gasteiger partial charge < -0.3 is 0 Å². The third-order valence-electron chi connectivity index (χ3n) is 2.81. The van der Waals surface area contributed by atoms with E-state index in [2.05, 4.69) is 15.9 Å². The van der Waals surface area contributed by atoms with Crippen molar-refractivity contribution >= 4 is 21.7 Å². The van der Waals surface area contributed by atoms with Gasteiger partial charge in [-0.2, -0.15) is 0 Å². The molecule has 0 fully saturated rings. The van der Waals surface area contributed by atoms with Crippen LogP contribution in [0.2, 0.25) is 0 Å². The van der Waals surface area contributed by atoms with Crippen LogP contribution >= 0.6 is 15.9 Å². The van der Waals surface area contributed by atoms with E-state index in [1.54, 1.807) is 6.07 Å². The summed E-state index contributed by atoms with van der Waals surface area (Å²) in [6, 6.07) is 11.8. The number of carbonyl (C=O) groups is 1. The van der Waals surface area contributed by atoms with Gasteiger partial charge in [-0.1, -0.05) is 40.2 Å². The first kappa shape index (κ1) is 13.0. The Labute approximate surface area is 114 Å². The number of hydrogen-bond acceptors (Lipinski definition) is 1. The van der Waals surface area contributed by atoms with Gasteiger partial charge in [-0.25, -0.2) is 4.39 Å². The molecule has 0 aliphatic carbocycles. The predicted octanol–water partition coefficient (Wildman–Crippen LogP) is 4.32. The van der Waals surface area contributed by atoms with Crippen molar-refractivity contribution < 1.29 is 9.18 Å². The number of benzene rings is 2. The Morgan fingerprint density at radius 2 is 1.94 bits per heavy atom. The molecule has 0 radical (unpaired) electrons. The molecule has 0 aliphatic rings. The molecule has 0 unspecified atom stereocenters. The molecule has 0 bridgehead atoms. The van der Waals surface area contributed by atoms with Gasteiger partial charge in [0.05, 0.1) is 0 Å².